The lowest BCUT2D eigenvalue weighted by Crippen LogP contribution is -2.44. The quantitative estimate of drug-likeness (QED) is 0.929. The second kappa shape index (κ2) is 6.74. The van der Waals surface area contributed by atoms with Gasteiger partial charge < -0.3 is 10.0 Å². The first-order valence-corrected chi connectivity index (χ1v) is 7.64. The molecule has 1 heterocycles. The molecule has 1 aliphatic heterocycles. The molecule has 114 valence electrons. The second-order valence-corrected chi connectivity index (χ2v) is 5.98. The molecule has 1 fully saturated rings. The summed E-state index contributed by atoms with van der Waals surface area (Å²) >= 11 is 0. The van der Waals surface area contributed by atoms with Gasteiger partial charge >= 0.3 is 5.97 Å². The summed E-state index contributed by atoms with van der Waals surface area (Å²) in [6.45, 7) is 4.74. The minimum atomic E-state index is -0.899. The van der Waals surface area contributed by atoms with Crippen molar-refractivity contribution in [2.75, 3.05) is 6.54 Å². The smallest absolute Gasteiger partial charge is 0.326 e. The topological polar surface area (TPSA) is 57.6 Å². The molecule has 1 atom stereocenters. The number of rotatable bonds is 3. The molecule has 0 bridgehead atoms. The van der Waals surface area contributed by atoms with Gasteiger partial charge in [0.1, 0.15) is 6.04 Å². The van der Waals surface area contributed by atoms with Crippen LogP contribution in [0.15, 0.2) is 24.3 Å². The Morgan fingerprint density at radius 3 is 2.38 bits per heavy atom. The van der Waals surface area contributed by atoms with E-state index in [4.69, 9.17) is 0 Å². The Bertz CT molecular complexity index is 507. The molecule has 1 amide bonds. The van der Waals surface area contributed by atoms with E-state index in [1.807, 2.05) is 24.3 Å². The van der Waals surface area contributed by atoms with Crippen molar-refractivity contribution in [1.29, 1.82) is 0 Å². The number of amides is 1. The Morgan fingerprint density at radius 2 is 1.81 bits per heavy atom. The molecule has 0 aliphatic carbocycles. The Balaban J connectivity index is 2.21. The lowest BCUT2D eigenvalue weighted by Gasteiger charge is -2.27. The van der Waals surface area contributed by atoms with E-state index in [1.165, 1.54) is 10.5 Å². The molecule has 0 spiro atoms. The Kier molecular flexibility index (Phi) is 4.99. The fraction of sp³-hybridized carbons (Fsp3) is 0.529. The number of carboxylic acid groups (broad SMARTS) is 1. The maximum absolute atomic E-state index is 12.6. The summed E-state index contributed by atoms with van der Waals surface area (Å²) in [6.07, 6.45) is 3.28. The summed E-state index contributed by atoms with van der Waals surface area (Å²) in [5.74, 6) is -0.650. The molecule has 1 aliphatic rings. The number of nitrogens with zero attached hydrogens (tertiary/aromatic N) is 1. The molecule has 1 N–H and O–H groups in total. The van der Waals surface area contributed by atoms with Crippen molar-refractivity contribution in [2.45, 2.75) is 51.5 Å². The van der Waals surface area contributed by atoms with Gasteiger partial charge in [0.2, 0.25) is 0 Å². The van der Waals surface area contributed by atoms with Gasteiger partial charge in [0.05, 0.1) is 0 Å². The van der Waals surface area contributed by atoms with E-state index in [9.17, 15) is 14.7 Å². The van der Waals surface area contributed by atoms with Crippen LogP contribution in [0.3, 0.4) is 0 Å². The minimum absolute atomic E-state index is 0.167. The molecule has 4 heteroatoms. The highest BCUT2D eigenvalue weighted by molar-refractivity contribution is 5.96. The normalized spacial score (nSPS) is 19.4. The average Bonchev–Trinajstić information content (AvgIpc) is 2.72. The molecular weight excluding hydrogens is 266 g/mol. The fourth-order valence-corrected chi connectivity index (χ4v) is 2.78. The van der Waals surface area contributed by atoms with Gasteiger partial charge in [-0.1, -0.05) is 38.8 Å². The van der Waals surface area contributed by atoms with E-state index in [0.29, 0.717) is 24.4 Å². The molecule has 1 aromatic rings. The molecule has 2 rings (SSSR count). The number of carboxylic acids is 1. The van der Waals surface area contributed by atoms with Gasteiger partial charge in [-0.2, -0.15) is 0 Å². The number of likely N-dealkylation sites (tertiary alicyclic amines) is 1. The molecule has 1 aromatic carbocycles. The van der Waals surface area contributed by atoms with E-state index < -0.39 is 12.0 Å². The predicted octanol–water partition coefficient (Wildman–Crippen LogP) is 3.28. The highest BCUT2D eigenvalue weighted by Gasteiger charge is 2.31. The average molecular weight is 289 g/mol. The summed E-state index contributed by atoms with van der Waals surface area (Å²) in [7, 11) is 0. The summed E-state index contributed by atoms with van der Waals surface area (Å²) < 4.78 is 0. The van der Waals surface area contributed by atoms with E-state index in [-0.39, 0.29) is 5.91 Å². The zero-order valence-electron chi connectivity index (χ0n) is 12.7. The van der Waals surface area contributed by atoms with Crippen molar-refractivity contribution in [3.63, 3.8) is 0 Å². The maximum Gasteiger partial charge on any atom is 0.326 e. The fourth-order valence-electron chi connectivity index (χ4n) is 2.78. The van der Waals surface area contributed by atoms with Crippen LogP contribution in [0.25, 0.3) is 0 Å². The van der Waals surface area contributed by atoms with Crippen LogP contribution in [-0.4, -0.2) is 34.5 Å². The number of aliphatic carboxylic acids is 1. The van der Waals surface area contributed by atoms with E-state index in [0.717, 1.165) is 19.3 Å². The number of benzene rings is 1. The van der Waals surface area contributed by atoms with Gasteiger partial charge in [0.25, 0.3) is 5.91 Å². The van der Waals surface area contributed by atoms with Gasteiger partial charge in [-0.15, -0.1) is 0 Å². The van der Waals surface area contributed by atoms with E-state index >= 15 is 0 Å². The predicted molar refractivity (Wildman–Crippen MR) is 81.5 cm³/mol. The number of carbonyl (C=O) groups excluding carboxylic acids is 1. The third kappa shape index (κ3) is 3.63. The van der Waals surface area contributed by atoms with Crippen molar-refractivity contribution < 1.29 is 14.7 Å². The van der Waals surface area contributed by atoms with Crippen LogP contribution in [0.1, 0.15) is 61.4 Å². The van der Waals surface area contributed by atoms with Crippen LogP contribution in [0.4, 0.5) is 0 Å². The first-order chi connectivity index (χ1) is 10.0. The Labute approximate surface area is 125 Å². The SMILES string of the molecule is CC(C)c1ccc(C(=O)N2CCCCCC2C(=O)O)cc1. The third-order valence-electron chi connectivity index (χ3n) is 4.12. The van der Waals surface area contributed by atoms with Crippen LogP contribution in [0, 0.1) is 0 Å². The maximum atomic E-state index is 12.6. The zero-order valence-corrected chi connectivity index (χ0v) is 12.7. The van der Waals surface area contributed by atoms with Crippen LogP contribution in [0.2, 0.25) is 0 Å². The molecule has 21 heavy (non-hydrogen) atoms. The number of hydrogen-bond donors (Lipinski definition) is 1. The number of carbonyl (C=O) groups is 2. The zero-order chi connectivity index (χ0) is 15.4. The van der Waals surface area contributed by atoms with Crippen molar-refractivity contribution in [3.05, 3.63) is 35.4 Å². The van der Waals surface area contributed by atoms with E-state index in [1.54, 1.807) is 0 Å². The van der Waals surface area contributed by atoms with Crippen molar-refractivity contribution in [3.8, 4) is 0 Å². The first-order valence-electron chi connectivity index (χ1n) is 7.64. The summed E-state index contributed by atoms with van der Waals surface area (Å²) in [5, 5.41) is 9.35. The molecule has 1 saturated heterocycles. The van der Waals surface area contributed by atoms with Crippen LogP contribution in [0.5, 0.6) is 0 Å². The van der Waals surface area contributed by atoms with Gasteiger partial charge in [0, 0.05) is 12.1 Å². The summed E-state index contributed by atoms with van der Waals surface area (Å²) in [6, 6.07) is 6.82. The van der Waals surface area contributed by atoms with Crippen LogP contribution < -0.4 is 0 Å². The van der Waals surface area contributed by atoms with Crippen molar-refractivity contribution >= 4 is 11.9 Å². The van der Waals surface area contributed by atoms with Crippen molar-refractivity contribution in [1.82, 2.24) is 4.90 Å². The standard InChI is InChI=1S/C17H23NO3/c1-12(2)13-7-9-14(10-8-13)16(19)18-11-5-3-4-6-15(18)17(20)21/h7-10,12,15H,3-6,11H2,1-2H3,(H,20,21). The van der Waals surface area contributed by atoms with Gasteiger partial charge in [-0.3, -0.25) is 4.79 Å². The third-order valence-corrected chi connectivity index (χ3v) is 4.12. The first kappa shape index (κ1) is 15.5. The summed E-state index contributed by atoms with van der Waals surface area (Å²) in [5.41, 5.74) is 1.75. The van der Waals surface area contributed by atoms with Gasteiger partial charge in [-0.25, -0.2) is 4.79 Å². The van der Waals surface area contributed by atoms with Crippen LogP contribution in [-0.2, 0) is 4.79 Å². The lowest BCUT2D eigenvalue weighted by molar-refractivity contribution is -0.142. The lowest BCUT2D eigenvalue weighted by atomic mass is 10.0. The Hall–Kier alpha value is -1.84. The second-order valence-electron chi connectivity index (χ2n) is 5.98. The number of hydrogen-bond acceptors (Lipinski definition) is 2. The highest BCUT2D eigenvalue weighted by atomic mass is 16.4. The van der Waals surface area contributed by atoms with Crippen LogP contribution >= 0.6 is 0 Å². The minimum Gasteiger partial charge on any atom is -0.480 e. The summed E-state index contributed by atoms with van der Waals surface area (Å²) in [4.78, 5) is 25.5. The molecule has 0 saturated carbocycles. The van der Waals surface area contributed by atoms with Gasteiger partial charge in [-0.05, 0) is 36.5 Å². The Morgan fingerprint density at radius 1 is 1.14 bits per heavy atom. The van der Waals surface area contributed by atoms with Crippen molar-refractivity contribution in [2.24, 2.45) is 0 Å². The molecular formula is C17H23NO3. The largest absolute Gasteiger partial charge is 0.480 e. The monoisotopic (exact) mass is 289 g/mol. The van der Waals surface area contributed by atoms with Gasteiger partial charge in [0.15, 0.2) is 0 Å². The molecule has 4 nitrogen and oxygen atoms in total. The molecule has 0 aromatic heterocycles. The highest BCUT2D eigenvalue weighted by Crippen LogP contribution is 2.21. The molecule has 1 unspecified atom stereocenters. The molecule has 0 radical (unpaired) electrons. The van der Waals surface area contributed by atoms with E-state index in [2.05, 4.69) is 13.8 Å².